The number of anilines is 1. The molecule has 0 unspecified atom stereocenters. The standard InChI is InChI=1S/C21H33N3O3S/c25-21(17-22-18-10-5-2-1-3-6-11-18)23-19-12-9-13-20(16-19)28(26,27)24-14-7-4-8-15-24/h9,12-13,16,18,22H,1-8,10-11,14-15,17H2,(H,23,25). The summed E-state index contributed by atoms with van der Waals surface area (Å²) < 4.78 is 27.2. The number of benzene rings is 1. The van der Waals surface area contributed by atoms with E-state index in [9.17, 15) is 13.2 Å². The Balaban J connectivity index is 1.55. The van der Waals surface area contributed by atoms with Crippen LogP contribution in [0.3, 0.4) is 0 Å². The molecule has 0 radical (unpaired) electrons. The van der Waals surface area contributed by atoms with Crippen LogP contribution in [-0.4, -0.2) is 44.3 Å². The molecule has 0 bridgehead atoms. The molecule has 7 heteroatoms. The molecule has 0 atom stereocenters. The Kier molecular flexibility index (Phi) is 7.88. The summed E-state index contributed by atoms with van der Waals surface area (Å²) in [6.45, 7) is 1.40. The van der Waals surface area contributed by atoms with Crippen LogP contribution in [0.1, 0.15) is 64.2 Å². The third-order valence-corrected chi connectivity index (χ3v) is 7.62. The first kappa shape index (κ1) is 21.3. The third kappa shape index (κ3) is 6.03. The zero-order chi connectivity index (χ0) is 19.8. The van der Waals surface area contributed by atoms with Crippen LogP contribution in [-0.2, 0) is 14.8 Å². The average molecular weight is 408 g/mol. The summed E-state index contributed by atoms with van der Waals surface area (Å²) in [6.07, 6.45) is 11.5. The van der Waals surface area contributed by atoms with E-state index in [-0.39, 0.29) is 17.3 Å². The molecule has 156 valence electrons. The molecule has 1 saturated carbocycles. The number of carbonyl (C=O) groups excluding carboxylic acids is 1. The lowest BCUT2D eigenvalue weighted by atomic mass is 9.97. The summed E-state index contributed by atoms with van der Waals surface area (Å²) in [5.74, 6) is -0.130. The van der Waals surface area contributed by atoms with Gasteiger partial charge in [-0.3, -0.25) is 4.79 Å². The van der Waals surface area contributed by atoms with Crippen LogP contribution < -0.4 is 10.6 Å². The van der Waals surface area contributed by atoms with Gasteiger partial charge in [-0.25, -0.2) is 8.42 Å². The van der Waals surface area contributed by atoms with E-state index in [0.717, 1.165) is 32.1 Å². The molecule has 1 amide bonds. The zero-order valence-corrected chi connectivity index (χ0v) is 17.5. The lowest BCUT2D eigenvalue weighted by molar-refractivity contribution is -0.115. The number of rotatable bonds is 6. The van der Waals surface area contributed by atoms with E-state index < -0.39 is 10.0 Å². The maximum Gasteiger partial charge on any atom is 0.243 e. The van der Waals surface area contributed by atoms with Crippen molar-refractivity contribution in [2.45, 2.75) is 75.1 Å². The highest BCUT2D eigenvalue weighted by molar-refractivity contribution is 7.89. The minimum atomic E-state index is -3.49. The second-order valence-corrected chi connectivity index (χ2v) is 9.90. The van der Waals surface area contributed by atoms with Gasteiger partial charge < -0.3 is 10.6 Å². The summed E-state index contributed by atoms with van der Waals surface area (Å²) >= 11 is 0. The van der Waals surface area contributed by atoms with Gasteiger partial charge in [-0.2, -0.15) is 4.31 Å². The second-order valence-electron chi connectivity index (χ2n) is 7.96. The van der Waals surface area contributed by atoms with Crippen molar-refractivity contribution in [3.8, 4) is 0 Å². The largest absolute Gasteiger partial charge is 0.325 e. The summed E-state index contributed by atoms with van der Waals surface area (Å²) in [5.41, 5.74) is 0.530. The number of carbonyl (C=O) groups is 1. The van der Waals surface area contributed by atoms with Crippen molar-refractivity contribution in [3.05, 3.63) is 24.3 Å². The van der Waals surface area contributed by atoms with Crippen molar-refractivity contribution in [1.82, 2.24) is 9.62 Å². The minimum absolute atomic E-state index is 0.130. The van der Waals surface area contributed by atoms with Crippen molar-refractivity contribution in [3.63, 3.8) is 0 Å². The van der Waals surface area contributed by atoms with E-state index in [1.807, 2.05) is 0 Å². The monoisotopic (exact) mass is 407 g/mol. The van der Waals surface area contributed by atoms with Gasteiger partial charge in [0.25, 0.3) is 0 Å². The van der Waals surface area contributed by atoms with Gasteiger partial charge in [0.05, 0.1) is 11.4 Å². The molecule has 0 aromatic heterocycles. The van der Waals surface area contributed by atoms with E-state index in [2.05, 4.69) is 10.6 Å². The van der Waals surface area contributed by atoms with Gasteiger partial charge in [0.2, 0.25) is 15.9 Å². The molecule has 1 heterocycles. The Morgan fingerprint density at radius 2 is 1.61 bits per heavy atom. The molecule has 1 aromatic rings. The quantitative estimate of drug-likeness (QED) is 0.756. The number of nitrogens with one attached hydrogen (secondary N) is 2. The van der Waals surface area contributed by atoms with Crippen LogP contribution in [0.25, 0.3) is 0 Å². The van der Waals surface area contributed by atoms with Gasteiger partial charge in [-0.1, -0.05) is 44.6 Å². The van der Waals surface area contributed by atoms with E-state index in [1.54, 1.807) is 28.6 Å². The highest BCUT2D eigenvalue weighted by atomic mass is 32.2. The first-order chi connectivity index (χ1) is 13.6. The first-order valence-corrected chi connectivity index (χ1v) is 12.1. The summed E-state index contributed by atoms with van der Waals surface area (Å²) in [7, 11) is -3.49. The average Bonchev–Trinajstić information content (AvgIpc) is 2.68. The molecular formula is C21H33N3O3S. The molecule has 2 N–H and O–H groups in total. The minimum Gasteiger partial charge on any atom is -0.325 e. The number of hydrogen-bond acceptors (Lipinski definition) is 4. The molecule has 3 rings (SSSR count). The highest BCUT2D eigenvalue weighted by Crippen LogP contribution is 2.23. The number of sulfonamides is 1. The first-order valence-electron chi connectivity index (χ1n) is 10.7. The fourth-order valence-corrected chi connectivity index (χ4v) is 5.65. The van der Waals surface area contributed by atoms with Gasteiger partial charge in [0.1, 0.15) is 0 Å². The van der Waals surface area contributed by atoms with Crippen molar-refractivity contribution in [2.24, 2.45) is 0 Å². The van der Waals surface area contributed by atoms with Gasteiger partial charge >= 0.3 is 0 Å². The molecule has 6 nitrogen and oxygen atoms in total. The van der Waals surface area contributed by atoms with Crippen LogP contribution in [0.15, 0.2) is 29.2 Å². The fraction of sp³-hybridized carbons (Fsp3) is 0.667. The Morgan fingerprint density at radius 3 is 2.32 bits per heavy atom. The molecule has 0 spiro atoms. The van der Waals surface area contributed by atoms with Crippen LogP contribution in [0.2, 0.25) is 0 Å². The Labute approximate surface area is 169 Å². The SMILES string of the molecule is O=C(CNC1CCCCCCC1)Nc1cccc(S(=O)(=O)N2CCCCC2)c1. The predicted octanol–water partition coefficient (Wildman–Crippen LogP) is 3.50. The van der Waals surface area contributed by atoms with Crippen molar-refractivity contribution in [2.75, 3.05) is 25.0 Å². The maximum atomic E-state index is 12.8. The summed E-state index contributed by atoms with van der Waals surface area (Å²) in [4.78, 5) is 12.6. The molecular weight excluding hydrogens is 374 g/mol. The van der Waals surface area contributed by atoms with E-state index in [4.69, 9.17) is 0 Å². The lowest BCUT2D eigenvalue weighted by Crippen LogP contribution is -2.36. The van der Waals surface area contributed by atoms with Gasteiger partial charge in [0, 0.05) is 24.8 Å². The summed E-state index contributed by atoms with van der Waals surface area (Å²) in [5, 5.41) is 6.21. The number of hydrogen-bond donors (Lipinski definition) is 2. The number of nitrogens with zero attached hydrogens (tertiary/aromatic N) is 1. The van der Waals surface area contributed by atoms with Crippen LogP contribution in [0.5, 0.6) is 0 Å². The molecule has 1 aromatic carbocycles. The molecule has 1 aliphatic heterocycles. The second kappa shape index (κ2) is 10.4. The van der Waals surface area contributed by atoms with Crippen molar-refractivity contribution < 1.29 is 13.2 Å². The molecule has 1 aliphatic carbocycles. The summed E-state index contributed by atoms with van der Waals surface area (Å²) in [6, 6.07) is 7.00. The molecule has 1 saturated heterocycles. The number of piperidine rings is 1. The highest BCUT2D eigenvalue weighted by Gasteiger charge is 2.26. The van der Waals surface area contributed by atoms with Gasteiger partial charge in [-0.15, -0.1) is 0 Å². The van der Waals surface area contributed by atoms with Crippen LogP contribution in [0, 0.1) is 0 Å². The fourth-order valence-electron chi connectivity index (χ4n) is 4.09. The van der Waals surface area contributed by atoms with Crippen LogP contribution in [0.4, 0.5) is 5.69 Å². The zero-order valence-electron chi connectivity index (χ0n) is 16.7. The third-order valence-electron chi connectivity index (χ3n) is 5.73. The molecule has 28 heavy (non-hydrogen) atoms. The molecule has 2 aliphatic rings. The van der Waals surface area contributed by atoms with E-state index in [0.29, 0.717) is 24.8 Å². The van der Waals surface area contributed by atoms with Crippen molar-refractivity contribution in [1.29, 1.82) is 0 Å². The van der Waals surface area contributed by atoms with Crippen molar-refractivity contribution >= 4 is 21.6 Å². The van der Waals surface area contributed by atoms with E-state index >= 15 is 0 Å². The number of amides is 1. The van der Waals surface area contributed by atoms with E-state index in [1.165, 1.54) is 32.1 Å². The van der Waals surface area contributed by atoms with Gasteiger partial charge in [0.15, 0.2) is 0 Å². The predicted molar refractivity (Wildman–Crippen MR) is 112 cm³/mol. The lowest BCUT2D eigenvalue weighted by Gasteiger charge is -2.26. The van der Waals surface area contributed by atoms with Gasteiger partial charge in [-0.05, 0) is 43.9 Å². The Hall–Kier alpha value is -1.44. The van der Waals surface area contributed by atoms with Crippen LogP contribution >= 0.6 is 0 Å². The maximum absolute atomic E-state index is 12.8. The Bertz CT molecular complexity index is 737. The normalized spacial score (nSPS) is 20.3. The molecule has 2 fully saturated rings. The smallest absolute Gasteiger partial charge is 0.243 e. The Morgan fingerprint density at radius 1 is 0.964 bits per heavy atom. The topological polar surface area (TPSA) is 78.5 Å².